The van der Waals surface area contributed by atoms with Gasteiger partial charge >= 0.3 is 0 Å². The van der Waals surface area contributed by atoms with Crippen LogP contribution in [-0.2, 0) is 11.2 Å². The third kappa shape index (κ3) is 4.99. The summed E-state index contributed by atoms with van der Waals surface area (Å²) in [5.41, 5.74) is 5.46. The lowest BCUT2D eigenvalue weighted by Gasteiger charge is -2.21. The first-order valence-corrected chi connectivity index (χ1v) is 9.06. The topological polar surface area (TPSA) is 44.4 Å². The zero-order chi connectivity index (χ0) is 18.2. The molecule has 25 heavy (non-hydrogen) atoms. The van der Waals surface area contributed by atoms with Crippen LogP contribution in [0.4, 0.5) is 17.1 Å². The van der Waals surface area contributed by atoms with Crippen LogP contribution < -0.4 is 15.5 Å². The number of aryl methyl sites for hydroxylation is 2. The molecule has 0 radical (unpaired) electrons. The molecule has 0 spiro atoms. The van der Waals surface area contributed by atoms with Crippen LogP contribution in [0.3, 0.4) is 0 Å². The molecule has 4 heteroatoms. The van der Waals surface area contributed by atoms with Gasteiger partial charge in [-0.1, -0.05) is 25.1 Å². The predicted molar refractivity (Wildman–Crippen MR) is 108 cm³/mol. The summed E-state index contributed by atoms with van der Waals surface area (Å²) in [7, 11) is 0. The summed E-state index contributed by atoms with van der Waals surface area (Å²) in [4.78, 5) is 14.5. The molecule has 0 bridgehead atoms. The standard InChI is InChI=1S/C21H29N3O/c1-5-17-10-8-9-16(4)21(17)22-15-20(25)23-18-11-13-19(14-12-18)24(6-2)7-3/h8-14,22H,5-7,15H2,1-4H3,(H,23,25). The van der Waals surface area contributed by atoms with Gasteiger partial charge < -0.3 is 15.5 Å². The van der Waals surface area contributed by atoms with E-state index in [9.17, 15) is 4.79 Å². The molecule has 2 N–H and O–H groups in total. The SMILES string of the molecule is CCc1cccc(C)c1NCC(=O)Nc1ccc(N(CC)CC)cc1. The van der Waals surface area contributed by atoms with Gasteiger partial charge in [-0.05, 0) is 62.6 Å². The van der Waals surface area contributed by atoms with Crippen molar-refractivity contribution in [2.45, 2.75) is 34.1 Å². The second kappa shape index (κ2) is 9.11. The summed E-state index contributed by atoms with van der Waals surface area (Å²) < 4.78 is 0. The number of benzene rings is 2. The van der Waals surface area contributed by atoms with E-state index >= 15 is 0 Å². The van der Waals surface area contributed by atoms with Crippen LogP contribution in [0.1, 0.15) is 31.9 Å². The highest BCUT2D eigenvalue weighted by Crippen LogP contribution is 2.21. The minimum Gasteiger partial charge on any atom is -0.376 e. The summed E-state index contributed by atoms with van der Waals surface area (Å²) in [6.45, 7) is 10.7. The highest BCUT2D eigenvalue weighted by Gasteiger charge is 2.08. The van der Waals surface area contributed by atoms with Gasteiger partial charge in [-0.15, -0.1) is 0 Å². The Balaban J connectivity index is 1.95. The van der Waals surface area contributed by atoms with Crippen molar-refractivity contribution in [2.75, 3.05) is 35.2 Å². The highest BCUT2D eigenvalue weighted by atomic mass is 16.1. The average Bonchev–Trinajstić information content (AvgIpc) is 2.63. The van der Waals surface area contributed by atoms with E-state index in [1.54, 1.807) is 0 Å². The number of hydrogen-bond donors (Lipinski definition) is 2. The molecular weight excluding hydrogens is 310 g/mol. The number of hydrogen-bond acceptors (Lipinski definition) is 3. The Morgan fingerprint density at radius 1 is 1.00 bits per heavy atom. The van der Waals surface area contributed by atoms with Gasteiger partial charge in [-0.25, -0.2) is 0 Å². The lowest BCUT2D eigenvalue weighted by molar-refractivity contribution is -0.114. The van der Waals surface area contributed by atoms with Gasteiger partial charge in [0.2, 0.25) is 5.91 Å². The predicted octanol–water partition coefficient (Wildman–Crippen LogP) is 4.45. The Hall–Kier alpha value is -2.49. The molecule has 2 rings (SSSR count). The molecule has 2 aromatic carbocycles. The number of carbonyl (C=O) groups is 1. The number of nitrogens with one attached hydrogen (secondary N) is 2. The van der Waals surface area contributed by atoms with Crippen LogP contribution in [0.2, 0.25) is 0 Å². The van der Waals surface area contributed by atoms with Gasteiger partial charge in [0, 0.05) is 30.2 Å². The Morgan fingerprint density at radius 2 is 1.68 bits per heavy atom. The van der Waals surface area contributed by atoms with Crippen LogP contribution in [0.5, 0.6) is 0 Å². The second-order valence-electron chi connectivity index (χ2n) is 6.08. The maximum absolute atomic E-state index is 12.2. The molecule has 0 heterocycles. The molecule has 0 aliphatic heterocycles. The summed E-state index contributed by atoms with van der Waals surface area (Å²) >= 11 is 0. The van der Waals surface area contributed by atoms with Gasteiger partial charge in [0.15, 0.2) is 0 Å². The number of para-hydroxylation sites is 1. The van der Waals surface area contributed by atoms with Crippen molar-refractivity contribution in [3.05, 3.63) is 53.6 Å². The summed E-state index contributed by atoms with van der Waals surface area (Å²) in [6, 6.07) is 14.2. The van der Waals surface area contributed by atoms with Crippen LogP contribution in [0, 0.1) is 6.92 Å². The molecule has 0 saturated heterocycles. The zero-order valence-electron chi connectivity index (χ0n) is 15.7. The van der Waals surface area contributed by atoms with Gasteiger partial charge in [0.1, 0.15) is 0 Å². The van der Waals surface area contributed by atoms with E-state index in [0.29, 0.717) is 0 Å². The molecule has 0 aromatic heterocycles. The van der Waals surface area contributed by atoms with Crippen molar-refractivity contribution in [3.8, 4) is 0 Å². The Kier molecular flexibility index (Phi) is 6.87. The van der Waals surface area contributed by atoms with E-state index < -0.39 is 0 Å². The van der Waals surface area contributed by atoms with Crippen molar-refractivity contribution >= 4 is 23.0 Å². The van der Waals surface area contributed by atoms with E-state index in [1.165, 1.54) is 11.3 Å². The minimum absolute atomic E-state index is 0.0408. The van der Waals surface area contributed by atoms with E-state index in [2.05, 4.69) is 61.4 Å². The molecule has 134 valence electrons. The normalized spacial score (nSPS) is 10.4. The largest absolute Gasteiger partial charge is 0.376 e. The third-order valence-electron chi connectivity index (χ3n) is 4.45. The highest BCUT2D eigenvalue weighted by molar-refractivity contribution is 5.94. The fourth-order valence-electron chi connectivity index (χ4n) is 2.99. The zero-order valence-corrected chi connectivity index (χ0v) is 15.7. The van der Waals surface area contributed by atoms with E-state index in [4.69, 9.17) is 0 Å². The molecule has 0 atom stereocenters. The monoisotopic (exact) mass is 339 g/mol. The van der Waals surface area contributed by atoms with Crippen molar-refractivity contribution in [3.63, 3.8) is 0 Å². The summed E-state index contributed by atoms with van der Waals surface area (Å²) in [5.74, 6) is -0.0408. The van der Waals surface area contributed by atoms with Crippen molar-refractivity contribution in [1.29, 1.82) is 0 Å². The van der Waals surface area contributed by atoms with E-state index in [1.807, 2.05) is 24.3 Å². The molecule has 4 nitrogen and oxygen atoms in total. The van der Waals surface area contributed by atoms with Crippen LogP contribution in [0.25, 0.3) is 0 Å². The molecule has 0 aliphatic carbocycles. The molecular formula is C21H29N3O. The molecule has 2 aromatic rings. The molecule has 0 saturated carbocycles. The molecule has 0 unspecified atom stereocenters. The smallest absolute Gasteiger partial charge is 0.243 e. The first kappa shape index (κ1) is 18.8. The third-order valence-corrected chi connectivity index (χ3v) is 4.45. The first-order valence-electron chi connectivity index (χ1n) is 9.06. The number of rotatable bonds is 8. The quantitative estimate of drug-likeness (QED) is 0.746. The lowest BCUT2D eigenvalue weighted by atomic mass is 10.1. The Bertz CT molecular complexity index is 691. The second-order valence-corrected chi connectivity index (χ2v) is 6.08. The van der Waals surface area contributed by atoms with Crippen LogP contribution in [-0.4, -0.2) is 25.5 Å². The summed E-state index contributed by atoms with van der Waals surface area (Å²) in [5, 5.41) is 6.23. The molecule has 0 aliphatic rings. The van der Waals surface area contributed by atoms with Crippen molar-refractivity contribution in [2.24, 2.45) is 0 Å². The number of carbonyl (C=O) groups excluding carboxylic acids is 1. The number of amides is 1. The van der Waals surface area contributed by atoms with E-state index in [0.717, 1.165) is 36.4 Å². The molecule has 0 fully saturated rings. The first-order chi connectivity index (χ1) is 12.1. The van der Waals surface area contributed by atoms with Crippen molar-refractivity contribution in [1.82, 2.24) is 0 Å². The van der Waals surface area contributed by atoms with E-state index in [-0.39, 0.29) is 12.5 Å². The van der Waals surface area contributed by atoms with Gasteiger partial charge in [-0.3, -0.25) is 4.79 Å². The maximum Gasteiger partial charge on any atom is 0.243 e. The van der Waals surface area contributed by atoms with Crippen molar-refractivity contribution < 1.29 is 4.79 Å². The van der Waals surface area contributed by atoms with Crippen LogP contribution >= 0.6 is 0 Å². The maximum atomic E-state index is 12.2. The Morgan fingerprint density at radius 3 is 2.28 bits per heavy atom. The molecule has 1 amide bonds. The van der Waals surface area contributed by atoms with Gasteiger partial charge in [0.25, 0.3) is 0 Å². The average molecular weight is 339 g/mol. The van der Waals surface area contributed by atoms with Crippen LogP contribution in [0.15, 0.2) is 42.5 Å². The van der Waals surface area contributed by atoms with Gasteiger partial charge in [-0.2, -0.15) is 0 Å². The number of nitrogens with zero attached hydrogens (tertiary/aromatic N) is 1. The Labute approximate surface area is 151 Å². The number of anilines is 3. The summed E-state index contributed by atoms with van der Waals surface area (Å²) in [6.07, 6.45) is 0.943. The minimum atomic E-state index is -0.0408. The fraction of sp³-hybridized carbons (Fsp3) is 0.381. The lowest BCUT2D eigenvalue weighted by Crippen LogP contribution is -2.23. The fourth-order valence-corrected chi connectivity index (χ4v) is 2.99. The van der Waals surface area contributed by atoms with Gasteiger partial charge in [0.05, 0.1) is 6.54 Å².